The Balaban J connectivity index is 2.05. The summed E-state index contributed by atoms with van der Waals surface area (Å²) in [7, 11) is 0. The van der Waals surface area contributed by atoms with Crippen LogP contribution in [0, 0.1) is 5.41 Å². The van der Waals surface area contributed by atoms with Gasteiger partial charge in [-0.25, -0.2) is 5.26 Å². The van der Waals surface area contributed by atoms with Crippen molar-refractivity contribution in [3.63, 3.8) is 0 Å². The summed E-state index contributed by atoms with van der Waals surface area (Å²) in [5.41, 5.74) is 0.286. The standard InChI is InChI=1S/C5H6O2/c6-7-4-3-5(4)1-2-5/h3,6H,1-2H2. The molecule has 0 aliphatic heterocycles. The van der Waals surface area contributed by atoms with Gasteiger partial charge >= 0.3 is 0 Å². The summed E-state index contributed by atoms with van der Waals surface area (Å²) in [6, 6.07) is 0. The second-order valence-electron chi connectivity index (χ2n) is 2.26. The molecule has 0 aromatic heterocycles. The first-order chi connectivity index (χ1) is 3.37. The van der Waals surface area contributed by atoms with Crippen molar-refractivity contribution in [2.24, 2.45) is 5.41 Å². The van der Waals surface area contributed by atoms with Gasteiger partial charge in [-0.1, -0.05) is 0 Å². The van der Waals surface area contributed by atoms with Crippen LogP contribution in [0.4, 0.5) is 0 Å². The van der Waals surface area contributed by atoms with E-state index in [1.165, 1.54) is 12.8 Å². The normalized spacial score (nSPS) is 29.6. The maximum atomic E-state index is 8.01. The van der Waals surface area contributed by atoms with Gasteiger partial charge in [0, 0.05) is 0 Å². The summed E-state index contributed by atoms with van der Waals surface area (Å²) < 4.78 is 0. The molecule has 0 aromatic carbocycles. The number of hydrogen-bond acceptors (Lipinski definition) is 2. The highest BCUT2D eigenvalue weighted by Crippen LogP contribution is 2.64. The van der Waals surface area contributed by atoms with E-state index in [2.05, 4.69) is 4.89 Å². The summed E-state index contributed by atoms with van der Waals surface area (Å²) in [5.74, 6) is 0.785. The summed E-state index contributed by atoms with van der Waals surface area (Å²) in [5, 5.41) is 8.01. The molecule has 1 saturated carbocycles. The zero-order chi connectivity index (χ0) is 4.91. The molecule has 7 heavy (non-hydrogen) atoms. The second kappa shape index (κ2) is 0.713. The lowest BCUT2D eigenvalue weighted by Crippen LogP contribution is -1.77. The van der Waals surface area contributed by atoms with Gasteiger partial charge < -0.3 is 4.89 Å². The van der Waals surface area contributed by atoms with Crippen LogP contribution in [0.25, 0.3) is 0 Å². The van der Waals surface area contributed by atoms with E-state index < -0.39 is 0 Å². The van der Waals surface area contributed by atoms with Gasteiger partial charge in [0.2, 0.25) is 0 Å². The van der Waals surface area contributed by atoms with Gasteiger partial charge in [-0.3, -0.25) is 0 Å². The molecule has 0 aromatic rings. The van der Waals surface area contributed by atoms with E-state index in [1.807, 2.05) is 6.08 Å². The lowest BCUT2D eigenvalue weighted by Gasteiger charge is -1.84. The molecular weight excluding hydrogens is 92.1 g/mol. The van der Waals surface area contributed by atoms with E-state index in [4.69, 9.17) is 5.26 Å². The van der Waals surface area contributed by atoms with Crippen LogP contribution in [0.5, 0.6) is 0 Å². The molecular formula is C5H6O2. The molecule has 0 heterocycles. The highest BCUT2D eigenvalue weighted by atomic mass is 17.1. The smallest absolute Gasteiger partial charge is 0.149 e. The predicted octanol–water partition coefficient (Wildman–Crippen LogP) is 1.15. The van der Waals surface area contributed by atoms with Crippen molar-refractivity contribution >= 4 is 0 Å². The van der Waals surface area contributed by atoms with Crippen LogP contribution < -0.4 is 0 Å². The molecule has 2 aliphatic carbocycles. The summed E-state index contributed by atoms with van der Waals surface area (Å²) in [6.07, 6.45) is 4.33. The molecule has 0 radical (unpaired) electrons. The van der Waals surface area contributed by atoms with Crippen LogP contribution in [0.2, 0.25) is 0 Å². The van der Waals surface area contributed by atoms with Crippen molar-refractivity contribution in [1.29, 1.82) is 0 Å². The first kappa shape index (κ1) is 3.50. The quantitative estimate of drug-likeness (QED) is 0.394. The fourth-order valence-electron chi connectivity index (χ4n) is 0.858. The van der Waals surface area contributed by atoms with Gasteiger partial charge in [0.15, 0.2) is 0 Å². The van der Waals surface area contributed by atoms with E-state index >= 15 is 0 Å². The van der Waals surface area contributed by atoms with E-state index in [9.17, 15) is 0 Å². The SMILES string of the molecule is OOC1=CC12CC2. The minimum absolute atomic E-state index is 0.286. The Morgan fingerprint density at radius 2 is 2.43 bits per heavy atom. The molecule has 0 bridgehead atoms. The third-order valence-corrected chi connectivity index (χ3v) is 1.70. The van der Waals surface area contributed by atoms with Gasteiger partial charge in [0.25, 0.3) is 0 Å². The Kier molecular flexibility index (Phi) is 0.356. The molecule has 1 spiro atoms. The first-order valence-electron chi connectivity index (χ1n) is 2.42. The third-order valence-electron chi connectivity index (χ3n) is 1.70. The highest BCUT2D eigenvalue weighted by molar-refractivity contribution is 5.40. The molecule has 0 atom stereocenters. The topological polar surface area (TPSA) is 29.5 Å². The fourth-order valence-corrected chi connectivity index (χ4v) is 0.858. The Labute approximate surface area is 41.3 Å². The van der Waals surface area contributed by atoms with Gasteiger partial charge in [-0.05, 0) is 18.9 Å². The zero-order valence-corrected chi connectivity index (χ0v) is 3.85. The molecule has 1 fully saturated rings. The average molecular weight is 98.1 g/mol. The molecule has 0 unspecified atom stereocenters. The molecule has 2 rings (SSSR count). The number of rotatable bonds is 1. The molecule has 0 saturated heterocycles. The van der Waals surface area contributed by atoms with Gasteiger partial charge in [0.05, 0.1) is 5.41 Å². The van der Waals surface area contributed by atoms with E-state index in [0.29, 0.717) is 0 Å². The first-order valence-corrected chi connectivity index (χ1v) is 2.42. The highest BCUT2D eigenvalue weighted by Gasteiger charge is 2.57. The Morgan fingerprint density at radius 1 is 1.71 bits per heavy atom. The maximum Gasteiger partial charge on any atom is 0.149 e. The van der Waals surface area contributed by atoms with Crippen LogP contribution in [-0.4, -0.2) is 5.26 Å². The molecule has 38 valence electrons. The number of hydrogen-bond donors (Lipinski definition) is 1. The Bertz CT molecular complexity index is 133. The lowest BCUT2D eigenvalue weighted by molar-refractivity contribution is -0.201. The monoisotopic (exact) mass is 98.0 g/mol. The minimum Gasteiger partial charge on any atom is -0.344 e. The Hall–Kier alpha value is -0.500. The van der Waals surface area contributed by atoms with E-state index in [1.54, 1.807) is 0 Å². The fraction of sp³-hybridized carbons (Fsp3) is 0.600. The molecule has 2 aliphatic rings. The molecule has 0 amide bonds. The largest absolute Gasteiger partial charge is 0.344 e. The molecule has 2 heteroatoms. The molecule has 1 N–H and O–H groups in total. The van der Waals surface area contributed by atoms with Crippen LogP contribution >= 0.6 is 0 Å². The van der Waals surface area contributed by atoms with Crippen molar-refractivity contribution in [3.8, 4) is 0 Å². The van der Waals surface area contributed by atoms with Crippen LogP contribution in [0.3, 0.4) is 0 Å². The van der Waals surface area contributed by atoms with Gasteiger partial charge in [-0.2, -0.15) is 0 Å². The van der Waals surface area contributed by atoms with E-state index in [0.717, 1.165) is 5.76 Å². The van der Waals surface area contributed by atoms with Crippen LogP contribution in [0.15, 0.2) is 11.8 Å². The maximum absolute atomic E-state index is 8.01. The van der Waals surface area contributed by atoms with Crippen molar-refractivity contribution < 1.29 is 10.1 Å². The third kappa shape index (κ3) is 0.280. The van der Waals surface area contributed by atoms with Crippen molar-refractivity contribution in [2.45, 2.75) is 12.8 Å². The van der Waals surface area contributed by atoms with E-state index in [-0.39, 0.29) is 5.41 Å². The van der Waals surface area contributed by atoms with Crippen molar-refractivity contribution in [3.05, 3.63) is 11.8 Å². The predicted molar refractivity (Wildman–Crippen MR) is 23.5 cm³/mol. The van der Waals surface area contributed by atoms with Gasteiger partial charge in [0.1, 0.15) is 5.76 Å². The van der Waals surface area contributed by atoms with Crippen molar-refractivity contribution in [2.75, 3.05) is 0 Å². The summed E-state index contributed by atoms with van der Waals surface area (Å²) in [4.78, 5) is 4.00. The average Bonchev–Trinajstić information content (AvgIpc) is 2.52. The molecule has 2 nitrogen and oxygen atoms in total. The summed E-state index contributed by atoms with van der Waals surface area (Å²) >= 11 is 0. The van der Waals surface area contributed by atoms with Crippen LogP contribution in [0.1, 0.15) is 12.8 Å². The second-order valence-corrected chi connectivity index (χ2v) is 2.26. The van der Waals surface area contributed by atoms with Crippen molar-refractivity contribution in [1.82, 2.24) is 0 Å². The van der Waals surface area contributed by atoms with Crippen LogP contribution in [-0.2, 0) is 4.89 Å². The summed E-state index contributed by atoms with van der Waals surface area (Å²) in [6.45, 7) is 0. The minimum atomic E-state index is 0.286. The Morgan fingerprint density at radius 3 is 2.57 bits per heavy atom. The lowest BCUT2D eigenvalue weighted by atomic mass is 10.4. The van der Waals surface area contributed by atoms with Gasteiger partial charge in [-0.15, -0.1) is 0 Å². The zero-order valence-electron chi connectivity index (χ0n) is 3.85. The number of allylic oxidation sites excluding steroid dienone is 2.